The lowest BCUT2D eigenvalue weighted by Gasteiger charge is -2.28. The molecule has 10 bridgehead atoms. The van der Waals surface area contributed by atoms with Crippen LogP contribution in [-0.2, 0) is 47.3 Å². The molecule has 6 rings (SSSR count). The lowest BCUT2D eigenvalue weighted by molar-refractivity contribution is 0.328. The normalized spacial score (nSPS) is 15.7. The second kappa shape index (κ2) is 14.3. The molecule has 1 aliphatic heterocycles. The van der Waals surface area contributed by atoms with Gasteiger partial charge in [0.1, 0.15) is 23.0 Å². The molecule has 2 N–H and O–H groups in total. The summed E-state index contributed by atoms with van der Waals surface area (Å²) in [6, 6.07) is 18.0. The predicted molar refractivity (Wildman–Crippen MR) is 223 cm³/mol. The molecule has 0 saturated carbocycles. The largest absolute Gasteiger partial charge is 0.507 e. The number of fused-ring (bicyclic) bond motifs is 4. The average molecular weight is 735 g/mol. The first-order chi connectivity index (χ1) is 24.6. The zero-order valence-electron chi connectivity index (χ0n) is 34.4. The summed E-state index contributed by atoms with van der Waals surface area (Å²) in [6.45, 7) is 28.2. The number of phenols is 2. The molecule has 0 amide bonds. The van der Waals surface area contributed by atoms with Crippen LogP contribution in [0.1, 0.15) is 150 Å². The number of thioether (sulfide) groups is 1. The van der Waals surface area contributed by atoms with Crippen LogP contribution in [0.4, 0.5) is 0 Å². The summed E-state index contributed by atoms with van der Waals surface area (Å²) >= 11 is 1.85. The zero-order valence-corrected chi connectivity index (χ0v) is 35.2. The van der Waals surface area contributed by atoms with E-state index in [1.165, 1.54) is 11.1 Å². The highest BCUT2D eigenvalue weighted by atomic mass is 32.2. The predicted octanol–water partition coefficient (Wildman–Crippen LogP) is 11.5. The van der Waals surface area contributed by atoms with Gasteiger partial charge in [-0.3, -0.25) is 0 Å². The highest BCUT2D eigenvalue weighted by Crippen LogP contribution is 2.44. The molecule has 0 fully saturated rings. The van der Waals surface area contributed by atoms with E-state index in [1.807, 2.05) is 11.8 Å². The molecule has 53 heavy (non-hydrogen) atoms. The second-order valence-corrected chi connectivity index (χ2v) is 20.8. The molecule has 1 heterocycles. The van der Waals surface area contributed by atoms with Crippen LogP contribution in [0, 0.1) is 0 Å². The molecule has 2 aliphatic rings. The molecule has 4 aromatic carbocycles. The number of hydrogen-bond acceptors (Lipinski definition) is 5. The third kappa shape index (κ3) is 8.56. The molecule has 0 radical (unpaired) electrons. The lowest BCUT2D eigenvalue weighted by atomic mass is 9.79. The molecule has 0 saturated heterocycles. The fourth-order valence-electron chi connectivity index (χ4n) is 7.52. The number of hydrogen-bond donors (Lipinski definition) is 2. The Morgan fingerprint density at radius 3 is 0.887 bits per heavy atom. The van der Waals surface area contributed by atoms with Crippen LogP contribution in [0.25, 0.3) is 0 Å². The van der Waals surface area contributed by atoms with Gasteiger partial charge in [-0.1, -0.05) is 132 Å². The van der Waals surface area contributed by atoms with Gasteiger partial charge in [0.2, 0.25) is 0 Å². The van der Waals surface area contributed by atoms with Crippen molar-refractivity contribution in [1.29, 1.82) is 0 Å². The summed E-state index contributed by atoms with van der Waals surface area (Å²) in [6.07, 6.45) is 2.11. The number of rotatable bonds is 0. The maximum atomic E-state index is 12.2. The van der Waals surface area contributed by atoms with E-state index < -0.39 is 0 Å². The van der Waals surface area contributed by atoms with E-state index in [1.54, 1.807) is 0 Å². The van der Waals surface area contributed by atoms with Gasteiger partial charge in [-0.05, 0) is 88.4 Å². The van der Waals surface area contributed by atoms with Crippen molar-refractivity contribution in [1.82, 2.24) is 0 Å². The van der Waals surface area contributed by atoms with E-state index in [0.717, 1.165) is 78.6 Å². The fourth-order valence-corrected chi connectivity index (χ4v) is 8.13. The Bertz CT molecular complexity index is 1870. The van der Waals surface area contributed by atoms with E-state index in [0.29, 0.717) is 50.4 Å². The zero-order chi connectivity index (χ0) is 38.7. The van der Waals surface area contributed by atoms with Crippen molar-refractivity contribution in [3.63, 3.8) is 0 Å². The van der Waals surface area contributed by atoms with Gasteiger partial charge in [0.25, 0.3) is 0 Å². The van der Waals surface area contributed by atoms with E-state index in [2.05, 4.69) is 132 Å². The SMILES string of the molecule is CC(C)(C)c1cc2c(O)c(c1)Cc1cc(C(C)(C)C)cc3c1OCCSCCOc1c(cc(C(C)(C)C)cc1C3)Cc1cc(C(C)(C)C)cc(c1O)C2. The van der Waals surface area contributed by atoms with Crippen LogP contribution in [0.3, 0.4) is 0 Å². The summed E-state index contributed by atoms with van der Waals surface area (Å²) in [5.74, 6) is 4.14. The molecular formula is C48H62O4S. The van der Waals surface area contributed by atoms with Gasteiger partial charge in [-0.2, -0.15) is 11.8 Å². The van der Waals surface area contributed by atoms with E-state index in [-0.39, 0.29) is 21.7 Å². The van der Waals surface area contributed by atoms with Crippen LogP contribution in [0.5, 0.6) is 23.0 Å². The van der Waals surface area contributed by atoms with E-state index >= 15 is 0 Å². The summed E-state index contributed by atoms with van der Waals surface area (Å²) in [4.78, 5) is 0. The maximum Gasteiger partial charge on any atom is 0.126 e. The summed E-state index contributed by atoms with van der Waals surface area (Å²) in [5, 5.41) is 24.4. The highest BCUT2D eigenvalue weighted by molar-refractivity contribution is 7.99. The van der Waals surface area contributed by atoms with Gasteiger partial charge in [0.15, 0.2) is 0 Å². The molecule has 284 valence electrons. The molecule has 5 heteroatoms. The Morgan fingerprint density at radius 2 is 0.623 bits per heavy atom. The molecule has 0 spiro atoms. The summed E-state index contributed by atoms with van der Waals surface area (Å²) < 4.78 is 13.7. The number of aromatic hydroxyl groups is 2. The van der Waals surface area contributed by atoms with Crippen LogP contribution >= 0.6 is 11.8 Å². The molecular weight excluding hydrogens is 673 g/mol. The van der Waals surface area contributed by atoms with Gasteiger partial charge in [-0.15, -0.1) is 0 Å². The van der Waals surface area contributed by atoms with Gasteiger partial charge < -0.3 is 19.7 Å². The fraction of sp³-hybridized carbons (Fsp3) is 0.500. The van der Waals surface area contributed by atoms with Gasteiger partial charge in [0.05, 0.1) is 13.2 Å². The number of ether oxygens (including phenoxy) is 2. The van der Waals surface area contributed by atoms with Gasteiger partial charge >= 0.3 is 0 Å². The first-order valence-corrected chi connectivity index (χ1v) is 20.6. The van der Waals surface area contributed by atoms with Crippen LogP contribution < -0.4 is 9.47 Å². The smallest absolute Gasteiger partial charge is 0.126 e. The molecule has 0 atom stereocenters. The van der Waals surface area contributed by atoms with Gasteiger partial charge in [-0.25, -0.2) is 0 Å². The second-order valence-electron chi connectivity index (χ2n) is 19.5. The first kappa shape index (κ1) is 39.1. The Kier molecular flexibility index (Phi) is 10.5. The molecule has 1 aliphatic carbocycles. The quantitative estimate of drug-likeness (QED) is 0.166. The standard InChI is InChI=1S/C48H62O4S/c1-45(2,3)37-21-29-17-30-22-38(46(4,5)6)24-32(42(30)50)19-34-26-40(48(10,11)12)28-36-20-35-27-39(47(7,8)9)25-33(18-31(23-37)41(29)49)43(35)51-13-15-53-16-14-52-44(34)36/h21-28,49-50H,13-20H2,1-12H3. The third-order valence-corrected chi connectivity index (χ3v) is 11.9. The van der Waals surface area contributed by atoms with E-state index in [9.17, 15) is 10.2 Å². The highest BCUT2D eigenvalue weighted by Gasteiger charge is 2.28. The Hall–Kier alpha value is -3.57. The summed E-state index contributed by atoms with van der Waals surface area (Å²) in [7, 11) is 0. The summed E-state index contributed by atoms with van der Waals surface area (Å²) in [5.41, 5.74) is 12.2. The molecule has 4 nitrogen and oxygen atoms in total. The lowest BCUT2D eigenvalue weighted by Crippen LogP contribution is -2.18. The number of phenolic OH excluding ortho intramolecular Hbond substituents is 2. The first-order valence-electron chi connectivity index (χ1n) is 19.5. The van der Waals surface area contributed by atoms with Crippen molar-refractivity contribution in [2.45, 2.75) is 130 Å². The monoisotopic (exact) mass is 734 g/mol. The van der Waals surface area contributed by atoms with Crippen molar-refractivity contribution in [3.8, 4) is 23.0 Å². The minimum Gasteiger partial charge on any atom is -0.507 e. The molecule has 0 aromatic heterocycles. The minimum atomic E-state index is -0.148. The van der Waals surface area contributed by atoms with E-state index in [4.69, 9.17) is 9.47 Å². The van der Waals surface area contributed by atoms with Crippen molar-refractivity contribution >= 4 is 11.8 Å². The van der Waals surface area contributed by atoms with Crippen LogP contribution in [-0.4, -0.2) is 34.9 Å². The Labute approximate surface area is 323 Å². The molecule has 0 unspecified atom stereocenters. The van der Waals surface area contributed by atoms with Crippen molar-refractivity contribution < 1.29 is 19.7 Å². The number of benzene rings is 4. The average Bonchev–Trinajstić information content (AvgIpc) is 3.02. The molecule has 4 aromatic rings. The third-order valence-electron chi connectivity index (χ3n) is 11.0. The van der Waals surface area contributed by atoms with Gasteiger partial charge in [0, 0.05) is 37.2 Å². The van der Waals surface area contributed by atoms with Crippen LogP contribution in [0.2, 0.25) is 0 Å². The minimum absolute atomic E-state index is 0.104. The Balaban J connectivity index is 1.75. The van der Waals surface area contributed by atoms with Crippen molar-refractivity contribution in [3.05, 3.63) is 115 Å². The maximum absolute atomic E-state index is 12.2. The topological polar surface area (TPSA) is 58.9 Å². The Morgan fingerprint density at radius 1 is 0.396 bits per heavy atom. The van der Waals surface area contributed by atoms with Crippen molar-refractivity contribution in [2.24, 2.45) is 0 Å². The van der Waals surface area contributed by atoms with Crippen LogP contribution in [0.15, 0.2) is 48.5 Å². The van der Waals surface area contributed by atoms with Crippen molar-refractivity contribution in [2.75, 3.05) is 24.7 Å².